The van der Waals surface area contributed by atoms with E-state index in [1.807, 2.05) is 30.8 Å². The number of carbonyl (C=O) groups is 2. The molecule has 0 aliphatic carbocycles. The molecule has 2 aliphatic heterocycles. The smallest absolute Gasteiger partial charge is 0.252 e. The van der Waals surface area contributed by atoms with Gasteiger partial charge in [-0.2, -0.15) is 0 Å². The number of likely N-dealkylation sites (tertiary alicyclic amines) is 1. The van der Waals surface area contributed by atoms with Crippen LogP contribution < -0.4 is 15.5 Å². The summed E-state index contributed by atoms with van der Waals surface area (Å²) in [5.41, 5.74) is 4.49. The van der Waals surface area contributed by atoms with Crippen LogP contribution >= 0.6 is 0 Å². The van der Waals surface area contributed by atoms with E-state index < -0.39 is 0 Å². The number of dihydropyridines is 1. The molecule has 0 atom stereocenters. The standard InChI is InChI=1S/C28H34N4O5/c1-6-32(20-7-10-31(11-8-20)19(4)34)24-14-26-21(9-12-37-26)27(18(24)3)28(35)29-15-22-23(16-33)30-17(2)13-25(22)36-5/h9,12-14,20,30H,6-8,10-11,15H2,1-5H3,(H,29,35). The number of allylic oxidation sites excluding steroid dienone is 2. The van der Waals surface area contributed by atoms with Crippen molar-refractivity contribution in [1.82, 2.24) is 15.5 Å². The molecule has 9 heteroatoms. The van der Waals surface area contributed by atoms with Gasteiger partial charge in [-0.25, -0.2) is 4.79 Å². The van der Waals surface area contributed by atoms with Gasteiger partial charge in [-0.15, -0.1) is 0 Å². The molecule has 1 aromatic heterocycles. The highest BCUT2D eigenvalue weighted by atomic mass is 16.5. The van der Waals surface area contributed by atoms with Gasteiger partial charge in [-0.05, 0) is 51.3 Å². The van der Waals surface area contributed by atoms with Crippen LogP contribution in [0.2, 0.25) is 0 Å². The van der Waals surface area contributed by atoms with Crippen molar-refractivity contribution in [2.24, 2.45) is 0 Å². The van der Waals surface area contributed by atoms with Gasteiger partial charge < -0.3 is 29.6 Å². The Bertz CT molecular complexity index is 1320. The Hall–Kier alpha value is -3.97. The van der Waals surface area contributed by atoms with E-state index in [1.165, 1.54) is 7.11 Å². The highest BCUT2D eigenvalue weighted by Gasteiger charge is 2.29. The molecule has 0 saturated carbocycles. The summed E-state index contributed by atoms with van der Waals surface area (Å²) in [6.07, 6.45) is 5.08. The van der Waals surface area contributed by atoms with E-state index in [4.69, 9.17) is 9.15 Å². The van der Waals surface area contributed by atoms with Crippen LogP contribution in [0.25, 0.3) is 11.0 Å². The third kappa shape index (κ3) is 5.13. The van der Waals surface area contributed by atoms with Gasteiger partial charge >= 0.3 is 0 Å². The SMILES string of the molecule is CCN(c1cc2occc2c(C(=O)NCC2=C(OC)C=C(C)NC2=C=O)c1C)C1CCN(C(C)=O)CC1. The summed E-state index contributed by atoms with van der Waals surface area (Å²) < 4.78 is 11.2. The maximum Gasteiger partial charge on any atom is 0.252 e. The maximum absolute atomic E-state index is 13.6. The van der Waals surface area contributed by atoms with Crippen molar-refractivity contribution in [3.05, 3.63) is 58.3 Å². The lowest BCUT2D eigenvalue weighted by atomic mass is 9.97. The van der Waals surface area contributed by atoms with Crippen LogP contribution in [-0.2, 0) is 14.3 Å². The Morgan fingerprint density at radius 2 is 2.03 bits per heavy atom. The molecule has 4 rings (SSSR count). The number of nitrogens with zero attached hydrogens (tertiary/aromatic N) is 2. The Morgan fingerprint density at radius 3 is 2.65 bits per heavy atom. The number of carbonyl (C=O) groups excluding carboxylic acids is 3. The number of ether oxygens (including phenoxy) is 1. The molecule has 1 saturated heterocycles. The highest BCUT2D eigenvalue weighted by molar-refractivity contribution is 6.09. The predicted octanol–water partition coefficient (Wildman–Crippen LogP) is 3.43. The van der Waals surface area contributed by atoms with Crippen molar-refractivity contribution in [3.63, 3.8) is 0 Å². The summed E-state index contributed by atoms with van der Waals surface area (Å²) >= 11 is 0. The van der Waals surface area contributed by atoms with Crippen molar-refractivity contribution in [2.45, 2.75) is 46.6 Å². The number of hydrogen-bond acceptors (Lipinski definition) is 7. The zero-order valence-corrected chi connectivity index (χ0v) is 22.1. The Morgan fingerprint density at radius 1 is 1.30 bits per heavy atom. The fraction of sp³-hybridized carbons (Fsp3) is 0.429. The number of benzene rings is 1. The van der Waals surface area contributed by atoms with Crippen molar-refractivity contribution in [3.8, 4) is 0 Å². The summed E-state index contributed by atoms with van der Waals surface area (Å²) in [5.74, 6) is 2.24. The van der Waals surface area contributed by atoms with Crippen molar-refractivity contribution in [1.29, 1.82) is 0 Å². The Balaban J connectivity index is 1.65. The average molecular weight is 507 g/mol. The van der Waals surface area contributed by atoms with Crippen LogP contribution in [0.3, 0.4) is 0 Å². The lowest BCUT2D eigenvalue weighted by molar-refractivity contribution is -0.129. The minimum Gasteiger partial charge on any atom is -0.496 e. The number of hydrogen-bond donors (Lipinski definition) is 2. The monoisotopic (exact) mass is 506 g/mol. The molecule has 0 spiro atoms. The molecule has 2 N–H and O–H groups in total. The van der Waals surface area contributed by atoms with Gasteiger partial charge in [0.15, 0.2) is 5.94 Å². The number of methoxy groups -OCH3 is 1. The van der Waals surface area contributed by atoms with Crippen molar-refractivity contribution in [2.75, 3.05) is 38.2 Å². The summed E-state index contributed by atoms with van der Waals surface area (Å²) in [5, 5.41) is 6.67. The van der Waals surface area contributed by atoms with Crippen LogP contribution in [0.4, 0.5) is 5.69 Å². The topological polar surface area (TPSA) is 104 Å². The Labute approximate surface area is 216 Å². The first-order valence-electron chi connectivity index (χ1n) is 12.6. The Kier molecular flexibility index (Phi) is 7.74. The van der Waals surface area contributed by atoms with Gasteiger partial charge in [0, 0.05) is 67.6 Å². The lowest BCUT2D eigenvalue weighted by Gasteiger charge is -2.40. The number of piperidine rings is 1. The van der Waals surface area contributed by atoms with Crippen LogP contribution in [0.15, 0.2) is 51.6 Å². The molecule has 0 bridgehead atoms. The lowest BCUT2D eigenvalue weighted by Crippen LogP contribution is -2.46. The van der Waals surface area contributed by atoms with E-state index in [0.717, 1.165) is 54.8 Å². The fourth-order valence-corrected chi connectivity index (χ4v) is 5.33. The van der Waals surface area contributed by atoms with E-state index in [9.17, 15) is 14.4 Å². The van der Waals surface area contributed by atoms with Gasteiger partial charge in [0.05, 0.1) is 18.9 Å². The quantitative estimate of drug-likeness (QED) is 0.555. The molecule has 1 aromatic carbocycles. The van der Waals surface area contributed by atoms with Crippen LogP contribution in [-0.4, -0.2) is 62.0 Å². The summed E-state index contributed by atoms with van der Waals surface area (Å²) in [6, 6.07) is 4.05. The third-order valence-corrected chi connectivity index (χ3v) is 7.24. The molecular formula is C28H34N4O5. The molecule has 9 nitrogen and oxygen atoms in total. The summed E-state index contributed by atoms with van der Waals surface area (Å²) in [4.78, 5) is 41.1. The molecule has 2 aliphatic rings. The number of rotatable bonds is 7. The van der Waals surface area contributed by atoms with Gasteiger partial charge in [0.2, 0.25) is 5.91 Å². The summed E-state index contributed by atoms with van der Waals surface area (Å²) in [6.45, 7) is 9.77. The normalized spacial score (nSPS) is 16.3. The molecule has 0 unspecified atom stereocenters. The molecule has 37 heavy (non-hydrogen) atoms. The van der Waals surface area contributed by atoms with E-state index >= 15 is 0 Å². The van der Waals surface area contributed by atoms with Gasteiger partial charge in [0.1, 0.15) is 17.0 Å². The number of amides is 2. The number of fused-ring (bicyclic) bond motifs is 1. The first-order valence-corrected chi connectivity index (χ1v) is 12.6. The maximum atomic E-state index is 13.6. The molecule has 196 valence electrons. The average Bonchev–Trinajstić information content (AvgIpc) is 3.36. The second kappa shape index (κ2) is 11.0. The van der Waals surface area contributed by atoms with Gasteiger partial charge in [-0.3, -0.25) is 9.59 Å². The van der Waals surface area contributed by atoms with Crippen molar-refractivity contribution < 1.29 is 23.5 Å². The van der Waals surface area contributed by atoms with E-state index in [2.05, 4.69) is 22.5 Å². The third-order valence-electron chi connectivity index (χ3n) is 7.24. The minimum atomic E-state index is -0.271. The van der Waals surface area contributed by atoms with E-state index in [-0.39, 0.29) is 30.1 Å². The minimum absolute atomic E-state index is 0.0906. The van der Waals surface area contributed by atoms with Crippen LogP contribution in [0.5, 0.6) is 0 Å². The predicted molar refractivity (Wildman–Crippen MR) is 142 cm³/mol. The fourth-order valence-electron chi connectivity index (χ4n) is 5.33. The van der Waals surface area contributed by atoms with Crippen LogP contribution in [0.1, 0.15) is 49.5 Å². The largest absolute Gasteiger partial charge is 0.496 e. The molecule has 0 radical (unpaired) electrons. The second-order valence-electron chi connectivity index (χ2n) is 9.41. The van der Waals surface area contributed by atoms with E-state index in [0.29, 0.717) is 22.5 Å². The molecule has 3 heterocycles. The number of anilines is 1. The second-order valence-corrected chi connectivity index (χ2v) is 9.41. The number of nitrogens with one attached hydrogen (secondary N) is 2. The first-order chi connectivity index (χ1) is 17.8. The molecular weight excluding hydrogens is 472 g/mol. The van der Waals surface area contributed by atoms with Crippen LogP contribution in [0, 0.1) is 6.92 Å². The zero-order valence-electron chi connectivity index (χ0n) is 22.1. The van der Waals surface area contributed by atoms with Gasteiger partial charge in [0.25, 0.3) is 5.91 Å². The molecule has 1 fully saturated rings. The molecule has 2 aromatic rings. The summed E-state index contributed by atoms with van der Waals surface area (Å²) in [7, 11) is 1.53. The number of furan rings is 1. The van der Waals surface area contributed by atoms with Gasteiger partial charge in [-0.1, -0.05) is 0 Å². The highest BCUT2D eigenvalue weighted by Crippen LogP contribution is 2.35. The zero-order chi connectivity index (χ0) is 26.7. The molecule has 2 amide bonds. The van der Waals surface area contributed by atoms with E-state index in [1.54, 1.807) is 25.3 Å². The van der Waals surface area contributed by atoms with Crippen molar-refractivity contribution >= 4 is 34.4 Å². The first kappa shape index (κ1) is 26.1.